The molecule has 0 radical (unpaired) electrons. The molecule has 0 amide bonds. The Hall–Kier alpha value is -6.38. The molecule has 2 heteroatoms. The Morgan fingerprint density at radius 2 is 1.03 bits per heavy atom. The van der Waals surface area contributed by atoms with Crippen LogP contribution in [0.25, 0.3) is 60.5 Å². The van der Waals surface area contributed by atoms with Crippen molar-refractivity contribution in [3.8, 4) is 27.9 Å². The smallest absolute Gasteiger partial charge is 0.0541 e. The summed E-state index contributed by atoms with van der Waals surface area (Å²) >= 11 is 0. The zero-order valence-corrected chi connectivity index (χ0v) is 32.6. The number of hydrogen-bond donors (Lipinski definition) is 0. The molecular formula is C56H44N2. The standard InChI is InChI=1S/C56H44N2/c1-2-15-46-39(11-1)12-9-22-53(46)57(44-13-10-14-45(35-44)58-54-20-7-4-17-48(54)49-18-5-8-21-55(49)58)43-26-23-38(24-27-43)40-25-28-52-50(34-40)47-16-3-6-19-51(47)56(52)41-30-36-29-37(32-41)33-42(56)31-36/h1-28,34-37,41-42H,29-33H2. The molecule has 0 unspecified atom stereocenters. The minimum atomic E-state index is 0.203. The van der Waals surface area contributed by atoms with Crippen molar-refractivity contribution in [2.75, 3.05) is 4.90 Å². The molecule has 1 heterocycles. The molecule has 9 aromatic rings. The van der Waals surface area contributed by atoms with Crippen molar-refractivity contribution >= 4 is 49.6 Å². The van der Waals surface area contributed by atoms with Crippen LogP contribution >= 0.6 is 0 Å². The molecule has 8 aromatic carbocycles. The molecule has 1 aromatic heterocycles. The number of rotatable bonds is 5. The SMILES string of the molecule is c1cc(N(c2ccc(-c3ccc4c(c3)-c3ccccc3C43C4CC5CC(C4)CC3C5)cc2)c2cccc3ccccc23)cc(-n2c3ccccc3c3ccccc32)c1. The van der Waals surface area contributed by atoms with Crippen molar-refractivity contribution in [3.05, 3.63) is 193 Å². The molecule has 4 fully saturated rings. The van der Waals surface area contributed by atoms with Crippen molar-refractivity contribution in [3.63, 3.8) is 0 Å². The van der Waals surface area contributed by atoms with Crippen LogP contribution in [-0.2, 0) is 5.41 Å². The van der Waals surface area contributed by atoms with Gasteiger partial charge in [-0.05, 0) is 149 Å². The molecule has 0 N–H and O–H groups in total. The lowest BCUT2D eigenvalue weighted by Crippen LogP contribution is -2.55. The summed E-state index contributed by atoms with van der Waals surface area (Å²) in [6, 6.07) is 68.3. The number of anilines is 3. The van der Waals surface area contributed by atoms with Crippen molar-refractivity contribution in [2.45, 2.75) is 37.5 Å². The van der Waals surface area contributed by atoms with Crippen LogP contribution < -0.4 is 4.90 Å². The summed E-state index contributed by atoms with van der Waals surface area (Å²) in [7, 11) is 0. The average molecular weight is 745 g/mol. The molecule has 4 bridgehead atoms. The van der Waals surface area contributed by atoms with Gasteiger partial charge in [0, 0.05) is 38.6 Å². The molecule has 5 aliphatic rings. The molecule has 5 aliphatic carbocycles. The number of benzene rings is 8. The van der Waals surface area contributed by atoms with E-state index >= 15 is 0 Å². The van der Waals surface area contributed by atoms with E-state index in [4.69, 9.17) is 0 Å². The van der Waals surface area contributed by atoms with Crippen LogP contribution in [0.15, 0.2) is 182 Å². The Morgan fingerprint density at radius 3 is 1.79 bits per heavy atom. The number of fused-ring (bicyclic) bond motifs is 7. The van der Waals surface area contributed by atoms with Crippen molar-refractivity contribution < 1.29 is 0 Å². The number of hydrogen-bond acceptors (Lipinski definition) is 1. The maximum atomic E-state index is 2.55. The second-order valence-corrected chi connectivity index (χ2v) is 17.7. The van der Waals surface area contributed by atoms with E-state index < -0.39 is 0 Å². The third-order valence-electron chi connectivity index (χ3n) is 14.9. The minimum absolute atomic E-state index is 0.203. The van der Waals surface area contributed by atoms with Gasteiger partial charge in [-0.15, -0.1) is 0 Å². The second kappa shape index (κ2) is 12.3. The maximum Gasteiger partial charge on any atom is 0.0541 e. The summed E-state index contributed by atoms with van der Waals surface area (Å²) in [6.45, 7) is 0. The highest BCUT2D eigenvalue weighted by molar-refractivity contribution is 6.09. The van der Waals surface area contributed by atoms with Crippen LogP contribution in [0.2, 0.25) is 0 Å². The molecule has 0 atom stereocenters. The van der Waals surface area contributed by atoms with Crippen molar-refractivity contribution in [1.82, 2.24) is 4.57 Å². The van der Waals surface area contributed by atoms with E-state index in [0.717, 1.165) is 40.7 Å². The molecule has 0 saturated heterocycles. The number of aromatic nitrogens is 1. The van der Waals surface area contributed by atoms with Crippen LogP contribution in [0, 0.1) is 23.7 Å². The largest absolute Gasteiger partial charge is 0.310 e. The summed E-state index contributed by atoms with van der Waals surface area (Å²) in [4.78, 5) is 2.44. The first-order valence-electron chi connectivity index (χ1n) is 21.4. The Labute approximate surface area is 340 Å². The molecule has 278 valence electrons. The van der Waals surface area contributed by atoms with Gasteiger partial charge in [0.15, 0.2) is 0 Å². The molecule has 58 heavy (non-hydrogen) atoms. The second-order valence-electron chi connectivity index (χ2n) is 17.7. The molecule has 1 spiro atoms. The topological polar surface area (TPSA) is 8.17 Å². The van der Waals surface area contributed by atoms with Gasteiger partial charge in [-0.25, -0.2) is 0 Å². The minimum Gasteiger partial charge on any atom is -0.310 e. The molecule has 14 rings (SSSR count). The fraction of sp³-hybridized carbons (Fsp3) is 0.179. The number of para-hydroxylation sites is 2. The first-order valence-corrected chi connectivity index (χ1v) is 21.4. The first-order chi connectivity index (χ1) is 28.7. The molecule has 2 nitrogen and oxygen atoms in total. The zero-order valence-electron chi connectivity index (χ0n) is 32.6. The van der Waals surface area contributed by atoms with Gasteiger partial charge in [-0.1, -0.05) is 127 Å². The number of nitrogens with zero attached hydrogens (tertiary/aromatic N) is 2. The Bertz CT molecular complexity index is 3010. The Morgan fingerprint density at radius 1 is 0.431 bits per heavy atom. The third-order valence-corrected chi connectivity index (χ3v) is 14.9. The average Bonchev–Trinajstić information content (AvgIpc) is 3.76. The highest BCUT2D eigenvalue weighted by Gasteiger charge is 2.61. The quantitative estimate of drug-likeness (QED) is 0.170. The molecule has 0 aliphatic heterocycles. The first kappa shape index (κ1) is 32.7. The monoisotopic (exact) mass is 744 g/mol. The van der Waals surface area contributed by atoms with E-state index in [9.17, 15) is 0 Å². The fourth-order valence-corrected chi connectivity index (χ4v) is 12.9. The normalized spacial score (nSPS) is 22.6. The van der Waals surface area contributed by atoms with Gasteiger partial charge in [0.05, 0.1) is 16.7 Å². The summed E-state index contributed by atoms with van der Waals surface area (Å²) < 4.78 is 2.41. The lowest BCUT2D eigenvalue weighted by Gasteiger charge is -2.61. The predicted octanol–water partition coefficient (Wildman–Crippen LogP) is 14.8. The lowest BCUT2D eigenvalue weighted by molar-refractivity contribution is -0.0399. The third kappa shape index (κ3) is 4.55. The van der Waals surface area contributed by atoms with E-state index in [-0.39, 0.29) is 5.41 Å². The van der Waals surface area contributed by atoms with Gasteiger partial charge in [0.2, 0.25) is 0 Å². The van der Waals surface area contributed by atoms with Crippen molar-refractivity contribution in [2.24, 2.45) is 23.7 Å². The van der Waals surface area contributed by atoms with E-state index in [1.165, 1.54) is 92.6 Å². The fourth-order valence-electron chi connectivity index (χ4n) is 12.9. The van der Waals surface area contributed by atoms with Crippen LogP contribution in [0.4, 0.5) is 17.1 Å². The summed E-state index contributed by atoms with van der Waals surface area (Å²) in [5.41, 5.74) is 16.0. The van der Waals surface area contributed by atoms with Crippen LogP contribution in [0.3, 0.4) is 0 Å². The van der Waals surface area contributed by atoms with Gasteiger partial charge in [0.1, 0.15) is 0 Å². The Balaban J connectivity index is 0.933. The highest BCUT2D eigenvalue weighted by Crippen LogP contribution is 2.69. The molecule has 4 saturated carbocycles. The van der Waals surface area contributed by atoms with Crippen LogP contribution in [0.1, 0.15) is 43.2 Å². The van der Waals surface area contributed by atoms with Gasteiger partial charge < -0.3 is 9.47 Å². The van der Waals surface area contributed by atoms with E-state index in [2.05, 4.69) is 191 Å². The highest BCUT2D eigenvalue weighted by atomic mass is 15.1. The Kier molecular flexibility index (Phi) is 6.94. The van der Waals surface area contributed by atoms with E-state index in [1.54, 1.807) is 11.1 Å². The van der Waals surface area contributed by atoms with Crippen LogP contribution in [0.5, 0.6) is 0 Å². The summed E-state index contributed by atoms with van der Waals surface area (Å²) in [6.07, 6.45) is 7.15. The molecular weight excluding hydrogens is 701 g/mol. The predicted molar refractivity (Wildman–Crippen MR) is 242 cm³/mol. The van der Waals surface area contributed by atoms with Crippen LogP contribution in [-0.4, -0.2) is 4.57 Å². The lowest BCUT2D eigenvalue weighted by atomic mass is 9.43. The van der Waals surface area contributed by atoms with Gasteiger partial charge in [0.25, 0.3) is 0 Å². The van der Waals surface area contributed by atoms with Gasteiger partial charge in [-0.2, -0.15) is 0 Å². The van der Waals surface area contributed by atoms with Crippen molar-refractivity contribution in [1.29, 1.82) is 0 Å². The van der Waals surface area contributed by atoms with E-state index in [1.807, 2.05) is 0 Å². The maximum absolute atomic E-state index is 2.55. The van der Waals surface area contributed by atoms with Gasteiger partial charge >= 0.3 is 0 Å². The zero-order chi connectivity index (χ0) is 38.0. The van der Waals surface area contributed by atoms with E-state index in [0.29, 0.717) is 0 Å². The summed E-state index contributed by atoms with van der Waals surface area (Å²) in [5, 5.41) is 5.00. The summed E-state index contributed by atoms with van der Waals surface area (Å²) in [5.74, 6) is 3.47. The van der Waals surface area contributed by atoms with Gasteiger partial charge in [-0.3, -0.25) is 0 Å².